The molecule has 115 heavy (non-hydrogen) atoms. The second-order valence-electron chi connectivity index (χ2n) is 32.9. The number of furan rings is 3. The predicted octanol–water partition coefficient (Wildman–Crippen LogP) is 26.7. The second-order valence-corrected chi connectivity index (χ2v) is 32.9. The van der Waals surface area contributed by atoms with E-state index in [0.29, 0.717) is 0 Å². The van der Waals surface area contributed by atoms with E-state index in [1.54, 1.807) is 0 Å². The molecule has 0 saturated heterocycles. The summed E-state index contributed by atoms with van der Waals surface area (Å²) in [6.07, 6.45) is 3.50. The number of aliphatic hydroxyl groups is 3. The van der Waals surface area contributed by atoms with Gasteiger partial charge in [-0.1, -0.05) is 219 Å². The van der Waals surface area contributed by atoms with Crippen LogP contribution in [0.15, 0.2) is 231 Å². The molecule has 0 aliphatic heterocycles. The minimum Gasteiger partial charge on any atom is -0.512 e. The number of aromatic nitrogens is 3. The SMILES string of the molecule is CC(=O)C=C(C)O.CC(=O)C=C(C)O.CC(=O)C=C(C)O.Cc1[c-]c(-c2ccc3oc(-c4ccc(-c5c(C)cccc5C)cc4)cc3n2)cc(C(C)(C)C)c1.Cc1[c-]c(-c2ccc3oc(-c4ccc(C(C)(C)C)cc4)cc3n2)cc(C(C)(C)C)c1.Cc1[c-]c(-c2ccc3oc(-c4ccccc4)c(C)c3n2)cc(C(C)(C)C)c1.[Ir].[Ir].[Ir]. The van der Waals surface area contributed by atoms with Gasteiger partial charge in [-0.05, 0) is 147 Å². The van der Waals surface area contributed by atoms with Crippen LogP contribution in [0.1, 0.15) is 180 Å². The molecule has 15 heteroatoms. The van der Waals surface area contributed by atoms with Crippen molar-refractivity contribution < 1.29 is 103 Å². The molecule has 0 unspecified atom stereocenters. The third-order valence-corrected chi connectivity index (χ3v) is 18.2. The average Bonchev–Trinajstić information content (AvgIpc) is 1.67. The monoisotopic (exact) mass is 2070 g/mol. The third-order valence-electron chi connectivity index (χ3n) is 18.2. The fourth-order valence-electron chi connectivity index (χ4n) is 12.5. The van der Waals surface area contributed by atoms with Crippen LogP contribution >= 0.6 is 0 Å². The summed E-state index contributed by atoms with van der Waals surface area (Å²) >= 11 is 0. The van der Waals surface area contributed by atoms with Crippen LogP contribution in [-0.4, -0.2) is 47.6 Å². The molecule has 0 spiro atoms. The fourth-order valence-corrected chi connectivity index (χ4v) is 12.5. The van der Waals surface area contributed by atoms with Crippen LogP contribution in [0.4, 0.5) is 0 Å². The van der Waals surface area contributed by atoms with E-state index in [2.05, 4.69) is 258 Å². The number of pyridine rings is 3. The molecule has 0 atom stereocenters. The largest absolute Gasteiger partial charge is 0.512 e. The van der Waals surface area contributed by atoms with Crippen molar-refractivity contribution in [2.45, 2.75) is 188 Å². The van der Waals surface area contributed by atoms with Crippen molar-refractivity contribution in [2.24, 2.45) is 0 Å². The molecule has 0 aliphatic rings. The van der Waals surface area contributed by atoms with Crippen molar-refractivity contribution in [2.75, 3.05) is 0 Å². The van der Waals surface area contributed by atoms with Crippen LogP contribution in [0.5, 0.6) is 0 Å². The molecule has 13 aromatic rings. The van der Waals surface area contributed by atoms with Gasteiger partial charge in [0.15, 0.2) is 34.1 Å². The molecular weight excluding hydrogens is 1960 g/mol. The molecule has 0 bridgehead atoms. The Morgan fingerprint density at radius 3 is 1.01 bits per heavy atom. The zero-order valence-electron chi connectivity index (χ0n) is 70.7. The molecule has 607 valence electrons. The maximum atomic E-state index is 10.0. The fraction of sp³-hybridized carbons (Fsp3) is 0.280. The Kier molecular flexibility index (Phi) is 34.3. The first-order chi connectivity index (χ1) is 52.4. The van der Waals surface area contributed by atoms with Crippen molar-refractivity contribution in [3.8, 4) is 78.9 Å². The van der Waals surface area contributed by atoms with Gasteiger partial charge in [0.2, 0.25) is 0 Å². The van der Waals surface area contributed by atoms with E-state index in [4.69, 9.17) is 43.5 Å². The van der Waals surface area contributed by atoms with Crippen molar-refractivity contribution in [1.82, 2.24) is 15.0 Å². The number of rotatable bonds is 10. The summed E-state index contributed by atoms with van der Waals surface area (Å²) < 4.78 is 18.4. The Morgan fingerprint density at radius 2 is 0.678 bits per heavy atom. The summed E-state index contributed by atoms with van der Waals surface area (Å²) in [5, 5.41) is 25.1. The van der Waals surface area contributed by atoms with Gasteiger partial charge in [-0.25, -0.2) is 0 Å². The molecule has 0 fully saturated rings. The number of aryl methyl sites for hydroxylation is 6. The molecule has 6 heterocycles. The number of fused-ring (bicyclic) bond motifs is 3. The van der Waals surface area contributed by atoms with Crippen molar-refractivity contribution in [3.63, 3.8) is 0 Å². The Balaban J connectivity index is 0.000000271. The van der Waals surface area contributed by atoms with Gasteiger partial charge < -0.3 is 28.6 Å². The Morgan fingerprint density at radius 1 is 0.348 bits per heavy atom. The van der Waals surface area contributed by atoms with E-state index in [9.17, 15) is 14.4 Å². The number of hydrogen-bond donors (Lipinski definition) is 3. The maximum Gasteiger partial charge on any atom is 0.155 e. The topological polar surface area (TPSA) is 190 Å². The van der Waals surface area contributed by atoms with E-state index in [1.807, 2.05) is 66.7 Å². The van der Waals surface area contributed by atoms with Gasteiger partial charge in [0.05, 0.1) is 28.3 Å². The summed E-state index contributed by atoms with van der Waals surface area (Å²) in [5.41, 5.74) is 29.2. The molecule has 7 aromatic carbocycles. The number of allylic oxidation sites excluding steroid dienone is 6. The van der Waals surface area contributed by atoms with Crippen molar-refractivity contribution in [3.05, 3.63) is 291 Å². The molecular formula is C100H108Ir3N3O9-3. The van der Waals surface area contributed by atoms with Gasteiger partial charge >= 0.3 is 0 Å². The van der Waals surface area contributed by atoms with Crippen molar-refractivity contribution >= 4 is 50.6 Å². The van der Waals surface area contributed by atoms with Crippen LogP contribution in [-0.2, 0) is 96.4 Å². The van der Waals surface area contributed by atoms with Crippen LogP contribution in [0.25, 0.3) is 112 Å². The van der Waals surface area contributed by atoms with Crippen LogP contribution in [0.3, 0.4) is 0 Å². The summed E-state index contributed by atoms with van der Waals surface area (Å²) in [6, 6.07) is 73.7. The molecule has 3 radical (unpaired) electrons. The quantitative estimate of drug-likeness (QED) is 0.0668. The minimum absolute atomic E-state index is 0. The summed E-state index contributed by atoms with van der Waals surface area (Å²) in [5.74, 6) is 2.38. The predicted molar refractivity (Wildman–Crippen MR) is 461 cm³/mol. The molecule has 6 aromatic heterocycles. The number of hydrogen-bond acceptors (Lipinski definition) is 12. The first kappa shape index (κ1) is 95.8. The van der Waals surface area contributed by atoms with E-state index in [0.717, 1.165) is 123 Å². The molecule has 0 aliphatic carbocycles. The number of carbonyl (C=O) groups excluding carboxylic acids is 3. The average molecular weight is 2070 g/mol. The smallest absolute Gasteiger partial charge is 0.155 e. The van der Waals surface area contributed by atoms with E-state index in [1.165, 1.54) is 104 Å². The summed E-state index contributed by atoms with van der Waals surface area (Å²) in [4.78, 5) is 44.8. The van der Waals surface area contributed by atoms with Gasteiger partial charge in [0, 0.05) is 113 Å². The molecule has 3 N–H and O–H groups in total. The van der Waals surface area contributed by atoms with Crippen molar-refractivity contribution in [1.29, 1.82) is 0 Å². The standard InChI is InChI=1S/C32H30NO.C28H30NO.C25H24NO.3C5H8O2.3Ir/c1-20-16-25(18-26(17-20)32(4,5)6)27-14-15-29-28(33-27)19-30(34-29)23-10-12-24(13-11-23)31-21(2)8-7-9-22(31)3;1-18-14-20(16-22(15-18)28(5,6)7)23-12-13-25-24(29-23)17-26(30-25)19-8-10-21(11-9-19)27(2,3)4;1-16-13-19(15-20(14-16)25(3,4)5)21-11-12-22-23(26-21)17(2)24(27-22)18-9-7-6-8-10-18;3*1-4(6)3-5(2)7;;;/h7-15,17-19H,1-6H3;8-13,15-17H,1-7H3;6-12,14-15H,1-5H3;3*3,6H,1-2H3;;;/q3*-1;;;;;;. The number of benzene rings is 7. The first-order valence-electron chi connectivity index (χ1n) is 37.7. The summed E-state index contributed by atoms with van der Waals surface area (Å²) in [6.45, 7) is 48.0. The molecule has 12 nitrogen and oxygen atoms in total. The van der Waals surface area contributed by atoms with E-state index in [-0.39, 0.29) is 117 Å². The second kappa shape index (κ2) is 41.2. The Hall–Kier alpha value is -9.81. The molecule has 0 amide bonds. The van der Waals surface area contributed by atoms with Gasteiger partial charge in [-0.15, -0.1) is 105 Å². The molecule has 0 saturated carbocycles. The number of ketones is 3. The van der Waals surface area contributed by atoms with Crippen LogP contribution in [0.2, 0.25) is 0 Å². The van der Waals surface area contributed by atoms with Gasteiger partial charge in [0.25, 0.3) is 0 Å². The number of nitrogens with zero attached hydrogens (tertiary/aromatic N) is 3. The zero-order valence-corrected chi connectivity index (χ0v) is 77.9. The Bertz CT molecular complexity index is 5510. The Labute approximate surface area is 721 Å². The minimum atomic E-state index is -0.125. The zero-order chi connectivity index (χ0) is 82.5. The van der Waals surface area contributed by atoms with Crippen LogP contribution < -0.4 is 0 Å². The van der Waals surface area contributed by atoms with Crippen LogP contribution in [0, 0.1) is 59.7 Å². The van der Waals surface area contributed by atoms with Gasteiger partial charge in [-0.3, -0.25) is 29.3 Å². The van der Waals surface area contributed by atoms with Gasteiger partial charge in [0.1, 0.15) is 22.8 Å². The maximum absolute atomic E-state index is 10.0. The van der Waals surface area contributed by atoms with Gasteiger partial charge in [-0.2, -0.15) is 0 Å². The normalized spacial score (nSPS) is 11.6. The number of aliphatic hydroxyl groups excluding tert-OH is 3. The summed E-state index contributed by atoms with van der Waals surface area (Å²) in [7, 11) is 0. The van der Waals surface area contributed by atoms with E-state index >= 15 is 0 Å². The third kappa shape index (κ3) is 27.4. The molecule has 13 rings (SSSR count). The first-order valence-corrected chi connectivity index (χ1v) is 37.7. The number of carbonyl (C=O) groups is 3. The van der Waals surface area contributed by atoms with E-state index < -0.39 is 0 Å².